The van der Waals surface area contributed by atoms with Crippen molar-refractivity contribution in [1.82, 2.24) is 0 Å². The summed E-state index contributed by atoms with van der Waals surface area (Å²) in [6.07, 6.45) is 0. The van der Waals surface area contributed by atoms with Crippen LogP contribution >= 0.6 is 0 Å². The summed E-state index contributed by atoms with van der Waals surface area (Å²) in [5.74, 6) is 0. The van der Waals surface area contributed by atoms with Crippen molar-refractivity contribution in [3.8, 4) is 0 Å². The summed E-state index contributed by atoms with van der Waals surface area (Å²) in [6.45, 7) is 0. The number of hydrogen-bond donors (Lipinski definition) is 0. The second-order valence-electron chi connectivity index (χ2n) is 0. The molecular weight excluding hydrogens is 231 g/mol. The van der Waals surface area contributed by atoms with Crippen molar-refractivity contribution in [3.63, 3.8) is 0 Å². The molecule has 0 aromatic carbocycles. The molecule has 0 spiro atoms. The fraction of sp³-hybridized carbons (Fsp3) is 0. The minimum Gasteiger partial charge on any atom is -0.412 e. The molecular formula is H8ErO4. The third-order valence-corrected chi connectivity index (χ3v) is 0. The zero-order chi connectivity index (χ0) is 0. The molecule has 0 saturated heterocycles. The van der Waals surface area contributed by atoms with Gasteiger partial charge in [-0.25, -0.2) is 0 Å². The fourth-order valence-electron chi connectivity index (χ4n) is 0. The van der Waals surface area contributed by atoms with Crippen molar-refractivity contribution in [2.24, 2.45) is 0 Å². The normalized spacial score (nSPS) is 0. The molecule has 0 atom stereocenters. The number of hydrogen-bond acceptors (Lipinski definition) is 0. The van der Waals surface area contributed by atoms with E-state index in [9.17, 15) is 0 Å². The summed E-state index contributed by atoms with van der Waals surface area (Å²) in [6, 6.07) is 0. The molecule has 44 valence electrons. The summed E-state index contributed by atoms with van der Waals surface area (Å²) >= 11 is 0. The van der Waals surface area contributed by atoms with Crippen LogP contribution in [0.25, 0.3) is 0 Å². The van der Waals surface area contributed by atoms with Crippen LogP contribution in [0.5, 0.6) is 0 Å². The van der Waals surface area contributed by atoms with Crippen molar-refractivity contribution in [3.05, 3.63) is 0 Å². The fourth-order valence-corrected chi connectivity index (χ4v) is 0. The van der Waals surface area contributed by atoms with Crippen LogP contribution in [0.2, 0.25) is 0 Å². The Hall–Kier alpha value is 1.09. The molecule has 0 unspecified atom stereocenters. The van der Waals surface area contributed by atoms with Gasteiger partial charge in [0.25, 0.3) is 0 Å². The summed E-state index contributed by atoms with van der Waals surface area (Å²) < 4.78 is 0. The van der Waals surface area contributed by atoms with E-state index in [0.29, 0.717) is 0 Å². The van der Waals surface area contributed by atoms with Crippen molar-refractivity contribution in [1.29, 1.82) is 0 Å². The quantitative estimate of drug-likeness (QED) is 0.420. The number of rotatable bonds is 0. The van der Waals surface area contributed by atoms with Gasteiger partial charge in [-0.3, -0.25) is 0 Å². The minimum atomic E-state index is 0. The van der Waals surface area contributed by atoms with Crippen molar-refractivity contribution in [2.45, 2.75) is 0 Å². The maximum Gasteiger partial charge on any atom is 0 e. The van der Waals surface area contributed by atoms with Crippen molar-refractivity contribution in [2.75, 3.05) is 0 Å². The topological polar surface area (TPSA) is 126 Å². The Balaban J connectivity index is 0. The Morgan fingerprint density at radius 1 is 0.400 bits per heavy atom. The first-order chi connectivity index (χ1) is 0. The predicted molar refractivity (Wildman–Crippen MR) is 14.5 cm³/mol. The molecule has 0 rings (SSSR count). The Bertz CT molecular complexity index is 3.61. The van der Waals surface area contributed by atoms with Crippen LogP contribution in [0.3, 0.4) is 0 Å². The summed E-state index contributed by atoms with van der Waals surface area (Å²) in [7, 11) is 0. The minimum absolute atomic E-state index is 0. The zero-order valence-electron chi connectivity index (χ0n) is 2.29. The van der Waals surface area contributed by atoms with Gasteiger partial charge < -0.3 is 21.9 Å². The standard InChI is InChI=1S/Er.4H2O/h;4*1H2. The molecule has 8 N–H and O–H groups in total. The van der Waals surface area contributed by atoms with Gasteiger partial charge in [-0.15, -0.1) is 0 Å². The van der Waals surface area contributed by atoms with Gasteiger partial charge in [0.1, 0.15) is 0 Å². The molecule has 0 aliphatic rings. The smallest absolute Gasteiger partial charge is 0 e. The van der Waals surface area contributed by atoms with E-state index in [2.05, 4.69) is 0 Å². The van der Waals surface area contributed by atoms with Gasteiger partial charge in [0.2, 0.25) is 0 Å². The van der Waals surface area contributed by atoms with Gasteiger partial charge >= 0.3 is 0 Å². The molecule has 5 heavy (non-hydrogen) atoms. The maximum atomic E-state index is 0. The van der Waals surface area contributed by atoms with Gasteiger partial charge in [-0.1, -0.05) is 0 Å². The molecule has 0 bridgehead atoms. The predicted octanol–water partition coefficient (Wildman–Crippen LogP) is -3.30. The summed E-state index contributed by atoms with van der Waals surface area (Å²) in [5.41, 5.74) is 0. The van der Waals surface area contributed by atoms with E-state index in [-0.39, 0.29) is 59.2 Å². The van der Waals surface area contributed by atoms with Crippen LogP contribution in [0.15, 0.2) is 0 Å². The second kappa shape index (κ2) is 71.9. The third-order valence-electron chi connectivity index (χ3n) is 0. The van der Waals surface area contributed by atoms with Crippen LogP contribution in [-0.4, -0.2) is 21.9 Å². The average Bonchev–Trinajstić information content (AvgIpc) is 0. The van der Waals surface area contributed by atoms with E-state index in [4.69, 9.17) is 0 Å². The van der Waals surface area contributed by atoms with E-state index in [1.54, 1.807) is 0 Å². The molecule has 0 aliphatic carbocycles. The van der Waals surface area contributed by atoms with E-state index >= 15 is 0 Å². The van der Waals surface area contributed by atoms with E-state index in [1.807, 2.05) is 0 Å². The molecule has 0 saturated carbocycles. The van der Waals surface area contributed by atoms with Crippen LogP contribution in [-0.2, 0) is 0 Å². The molecule has 0 aliphatic heterocycles. The first kappa shape index (κ1) is 133. The monoisotopic (exact) mass is 238 g/mol. The van der Waals surface area contributed by atoms with E-state index in [0.717, 1.165) is 0 Å². The molecule has 0 amide bonds. The van der Waals surface area contributed by atoms with Gasteiger partial charge in [-0.05, 0) is 0 Å². The van der Waals surface area contributed by atoms with Gasteiger partial charge in [0.05, 0.1) is 0 Å². The second-order valence-corrected chi connectivity index (χ2v) is 0. The van der Waals surface area contributed by atoms with Crippen molar-refractivity contribution >= 4 is 0 Å². The Kier molecular flexibility index (Phi) is 1920. The summed E-state index contributed by atoms with van der Waals surface area (Å²) in [5, 5.41) is 0. The molecule has 0 heterocycles. The Labute approximate surface area is 59.0 Å². The molecule has 0 aromatic heterocycles. The zero-order valence-corrected chi connectivity index (χ0v) is 4.14. The molecule has 0 radical (unpaired) electrons. The van der Waals surface area contributed by atoms with Crippen molar-refractivity contribution < 1.29 is 59.2 Å². The molecule has 0 fully saturated rings. The maximum absolute atomic E-state index is 0. The van der Waals surface area contributed by atoms with Gasteiger partial charge in [-0.2, -0.15) is 0 Å². The van der Waals surface area contributed by atoms with Gasteiger partial charge in [0, 0.05) is 37.3 Å². The van der Waals surface area contributed by atoms with E-state index < -0.39 is 0 Å². The average molecular weight is 239 g/mol. The Morgan fingerprint density at radius 2 is 0.400 bits per heavy atom. The van der Waals surface area contributed by atoms with Crippen LogP contribution in [0, 0.1) is 37.3 Å². The third kappa shape index (κ3) is 41.0. The first-order valence-corrected chi connectivity index (χ1v) is 0. The first-order valence-electron chi connectivity index (χ1n) is 0. The van der Waals surface area contributed by atoms with Crippen LogP contribution in [0.1, 0.15) is 0 Å². The van der Waals surface area contributed by atoms with Crippen LogP contribution in [0.4, 0.5) is 0 Å². The SMILES string of the molecule is O.O.O.O.[Er]. The molecule has 4 nitrogen and oxygen atoms in total. The van der Waals surface area contributed by atoms with Crippen LogP contribution < -0.4 is 0 Å². The van der Waals surface area contributed by atoms with Gasteiger partial charge in [0.15, 0.2) is 0 Å². The molecule has 5 heteroatoms. The largest absolute Gasteiger partial charge is 0.412 e. The van der Waals surface area contributed by atoms with E-state index in [1.165, 1.54) is 0 Å². The Morgan fingerprint density at radius 3 is 0.400 bits per heavy atom. The summed E-state index contributed by atoms with van der Waals surface area (Å²) in [4.78, 5) is 0. The molecule has 0 aromatic rings.